The molecule has 1 aliphatic carbocycles. The van der Waals surface area contributed by atoms with Crippen molar-refractivity contribution in [3.05, 3.63) is 76.0 Å². The van der Waals surface area contributed by atoms with Crippen molar-refractivity contribution in [2.45, 2.75) is 25.2 Å². The zero-order valence-corrected chi connectivity index (χ0v) is 17.8. The fourth-order valence-electron chi connectivity index (χ4n) is 3.55. The van der Waals surface area contributed by atoms with E-state index in [0.29, 0.717) is 23.7 Å². The number of aryl methyl sites for hydroxylation is 1. The SMILES string of the molecule is COc1ccc(CCNC(=O)[C@@H]2CCc3sc(NC(=O)c4ccc(F)cc4)nc32)cc1. The summed E-state index contributed by atoms with van der Waals surface area (Å²) in [5.41, 5.74) is 2.21. The Morgan fingerprint density at radius 1 is 1.16 bits per heavy atom. The van der Waals surface area contributed by atoms with Crippen LogP contribution >= 0.6 is 11.3 Å². The van der Waals surface area contributed by atoms with Crippen LogP contribution in [0.5, 0.6) is 5.75 Å². The van der Waals surface area contributed by atoms with Crippen LogP contribution in [0.25, 0.3) is 0 Å². The molecular weight excluding hydrogens is 417 g/mol. The van der Waals surface area contributed by atoms with Gasteiger partial charge in [0.2, 0.25) is 5.91 Å². The first kappa shape index (κ1) is 21.0. The molecule has 0 fully saturated rings. The minimum atomic E-state index is -0.398. The number of methoxy groups -OCH3 is 1. The number of anilines is 1. The lowest BCUT2D eigenvalue weighted by atomic mass is 10.1. The Bertz CT molecular complexity index is 1080. The number of carbonyl (C=O) groups excluding carboxylic acids is 2. The second kappa shape index (κ2) is 9.26. The van der Waals surface area contributed by atoms with Gasteiger partial charge in [0.15, 0.2) is 5.13 Å². The van der Waals surface area contributed by atoms with Crippen LogP contribution in [0.15, 0.2) is 48.5 Å². The highest BCUT2D eigenvalue weighted by molar-refractivity contribution is 7.16. The van der Waals surface area contributed by atoms with Gasteiger partial charge in [0, 0.05) is 17.0 Å². The Morgan fingerprint density at radius 2 is 1.90 bits per heavy atom. The number of ether oxygens (including phenoxy) is 1. The van der Waals surface area contributed by atoms with E-state index in [-0.39, 0.29) is 17.7 Å². The summed E-state index contributed by atoms with van der Waals surface area (Å²) in [4.78, 5) is 30.5. The van der Waals surface area contributed by atoms with Crippen LogP contribution in [-0.4, -0.2) is 30.5 Å². The van der Waals surface area contributed by atoms with Gasteiger partial charge in [-0.3, -0.25) is 14.9 Å². The van der Waals surface area contributed by atoms with Crippen molar-refractivity contribution < 1.29 is 18.7 Å². The summed E-state index contributed by atoms with van der Waals surface area (Å²) in [6.45, 7) is 0.537. The molecule has 0 spiro atoms. The summed E-state index contributed by atoms with van der Waals surface area (Å²) < 4.78 is 18.2. The molecule has 8 heteroatoms. The predicted octanol–water partition coefficient (Wildman–Crippen LogP) is 3.93. The number of nitrogens with one attached hydrogen (secondary N) is 2. The number of hydrogen-bond acceptors (Lipinski definition) is 5. The van der Waals surface area contributed by atoms with Crippen molar-refractivity contribution in [2.24, 2.45) is 0 Å². The smallest absolute Gasteiger partial charge is 0.257 e. The Hall–Kier alpha value is -3.26. The van der Waals surface area contributed by atoms with E-state index >= 15 is 0 Å². The van der Waals surface area contributed by atoms with Gasteiger partial charge in [-0.1, -0.05) is 12.1 Å². The van der Waals surface area contributed by atoms with Gasteiger partial charge in [-0.05, 0) is 61.2 Å². The third-order valence-corrected chi connectivity index (χ3v) is 6.28. The summed E-state index contributed by atoms with van der Waals surface area (Å²) in [5, 5.41) is 6.19. The minimum absolute atomic E-state index is 0.0472. The van der Waals surface area contributed by atoms with Gasteiger partial charge >= 0.3 is 0 Å². The van der Waals surface area contributed by atoms with Crippen LogP contribution in [0.3, 0.4) is 0 Å². The van der Waals surface area contributed by atoms with Crippen LogP contribution in [0.2, 0.25) is 0 Å². The minimum Gasteiger partial charge on any atom is -0.497 e. The molecule has 0 radical (unpaired) electrons. The molecule has 160 valence electrons. The molecule has 1 heterocycles. The Labute approximate surface area is 183 Å². The van der Waals surface area contributed by atoms with Gasteiger partial charge < -0.3 is 10.1 Å². The molecule has 0 aliphatic heterocycles. The lowest BCUT2D eigenvalue weighted by molar-refractivity contribution is -0.122. The lowest BCUT2D eigenvalue weighted by Gasteiger charge is -2.11. The molecule has 4 rings (SSSR count). The third kappa shape index (κ3) is 4.91. The summed E-state index contributed by atoms with van der Waals surface area (Å²) >= 11 is 1.38. The average molecular weight is 440 g/mol. The van der Waals surface area contributed by atoms with Crippen molar-refractivity contribution in [3.63, 3.8) is 0 Å². The van der Waals surface area contributed by atoms with Crippen molar-refractivity contribution >= 4 is 28.3 Å². The predicted molar refractivity (Wildman–Crippen MR) is 117 cm³/mol. The highest BCUT2D eigenvalue weighted by atomic mass is 32.1. The van der Waals surface area contributed by atoms with E-state index < -0.39 is 5.82 Å². The summed E-state index contributed by atoms with van der Waals surface area (Å²) in [7, 11) is 1.63. The number of amides is 2. The van der Waals surface area contributed by atoms with Gasteiger partial charge in [0.25, 0.3) is 5.91 Å². The van der Waals surface area contributed by atoms with Gasteiger partial charge in [-0.25, -0.2) is 9.37 Å². The number of aromatic nitrogens is 1. The Balaban J connectivity index is 1.33. The number of halogens is 1. The van der Waals surface area contributed by atoms with E-state index in [2.05, 4.69) is 15.6 Å². The molecule has 2 amide bonds. The van der Waals surface area contributed by atoms with E-state index in [1.54, 1.807) is 7.11 Å². The monoisotopic (exact) mass is 439 g/mol. The second-order valence-corrected chi connectivity index (χ2v) is 8.35. The highest BCUT2D eigenvalue weighted by Gasteiger charge is 2.32. The van der Waals surface area contributed by atoms with Crippen LogP contribution in [0.4, 0.5) is 9.52 Å². The van der Waals surface area contributed by atoms with Crippen molar-refractivity contribution in [2.75, 3.05) is 19.0 Å². The molecule has 0 bridgehead atoms. The van der Waals surface area contributed by atoms with Gasteiger partial charge in [0.05, 0.1) is 18.7 Å². The van der Waals surface area contributed by atoms with E-state index in [9.17, 15) is 14.0 Å². The van der Waals surface area contributed by atoms with E-state index in [1.165, 1.54) is 35.6 Å². The number of benzene rings is 2. The number of thiazole rings is 1. The first-order valence-electron chi connectivity index (χ1n) is 10.0. The zero-order valence-electron chi connectivity index (χ0n) is 17.0. The van der Waals surface area contributed by atoms with Gasteiger partial charge in [0.1, 0.15) is 11.6 Å². The number of fused-ring (bicyclic) bond motifs is 1. The Morgan fingerprint density at radius 3 is 2.61 bits per heavy atom. The maximum Gasteiger partial charge on any atom is 0.257 e. The van der Waals surface area contributed by atoms with E-state index in [0.717, 1.165) is 34.7 Å². The number of rotatable bonds is 7. The van der Waals surface area contributed by atoms with Crippen LogP contribution < -0.4 is 15.4 Å². The summed E-state index contributed by atoms with van der Waals surface area (Å²) in [6.07, 6.45) is 2.20. The molecule has 1 aromatic heterocycles. The van der Waals surface area contributed by atoms with Crippen LogP contribution in [0, 0.1) is 5.82 Å². The topological polar surface area (TPSA) is 80.3 Å². The fraction of sp³-hybridized carbons (Fsp3) is 0.261. The third-order valence-electron chi connectivity index (χ3n) is 5.23. The molecule has 6 nitrogen and oxygen atoms in total. The molecule has 31 heavy (non-hydrogen) atoms. The van der Waals surface area contributed by atoms with Crippen molar-refractivity contribution in [1.82, 2.24) is 10.3 Å². The first-order valence-corrected chi connectivity index (χ1v) is 10.8. The molecule has 2 N–H and O–H groups in total. The maximum absolute atomic E-state index is 13.0. The average Bonchev–Trinajstić information content (AvgIpc) is 3.34. The van der Waals surface area contributed by atoms with Crippen molar-refractivity contribution in [3.8, 4) is 5.75 Å². The Kier molecular flexibility index (Phi) is 6.27. The number of carbonyl (C=O) groups is 2. The second-order valence-electron chi connectivity index (χ2n) is 7.27. The maximum atomic E-state index is 13.0. The van der Waals surface area contributed by atoms with E-state index in [4.69, 9.17) is 4.74 Å². The fourth-order valence-corrected chi connectivity index (χ4v) is 4.59. The summed E-state index contributed by atoms with van der Waals surface area (Å²) in [5.74, 6) is -0.303. The number of hydrogen-bond donors (Lipinski definition) is 2. The quantitative estimate of drug-likeness (QED) is 0.585. The van der Waals surface area contributed by atoms with Gasteiger partial charge in [-0.15, -0.1) is 11.3 Å². The first-order chi connectivity index (χ1) is 15.0. The zero-order chi connectivity index (χ0) is 21.8. The van der Waals surface area contributed by atoms with Crippen LogP contribution in [-0.2, 0) is 17.6 Å². The lowest BCUT2D eigenvalue weighted by Crippen LogP contribution is -2.30. The molecule has 0 unspecified atom stereocenters. The normalized spacial score (nSPS) is 14.7. The molecular formula is C23H22FN3O3S. The standard InChI is InChI=1S/C23H22FN3O3S/c1-30-17-8-2-14(3-9-17)12-13-25-22(29)18-10-11-19-20(18)26-23(31-19)27-21(28)15-4-6-16(24)7-5-15/h2-9,18H,10-13H2,1H3,(H,25,29)(H,26,27,28)/t18-/m1/s1. The number of nitrogens with zero attached hydrogens (tertiary/aromatic N) is 1. The molecule has 1 atom stereocenters. The van der Waals surface area contributed by atoms with Crippen LogP contribution in [0.1, 0.15) is 38.8 Å². The largest absolute Gasteiger partial charge is 0.497 e. The highest BCUT2D eigenvalue weighted by Crippen LogP contribution is 2.38. The van der Waals surface area contributed by atoms with Gasteiger partial charge in [-0.2, -0.15) is 0 Å². The molecule has 2 aromatic carbocycles. The molecule has 1 aliphatic rings. The molecule has 3 aromatic rings. The summed E-state index contributed by atoms with van der Waals surface area (Å²) in [6, 6.07) is 13.1. The van der Waals surface area contributed by atoms with Crippen molar-refractivity contribution in [1.29, 1.82) is 0 Å². The van der Waals surface area contributed by atoms with E-state index in [1.807, 2.05) is 24.3 Å². The molecule has 0 saturated heterocycles. The molecule has 0 saturated carbocycles.